The maximum Gasteiger partial charge on any atom is 0.0657 e. The number of allylic oxidation sites excluding steroid dienone is 1. The fourth-order valence-corrected chi connectivity index (χ4v) is 7.16. The lowest BCUT2D eigenvalue weighted by Crippen LogP contribution is -2.60. The number of aliphatic imine (C=N–C) groups is 1. The smallest absolute Gasteiger partial charge is 0.0657 e. The second-order valence-electron chi connectivity index (χ2n) is 9.76. The monoisotopic (exact) mass is 359 g/mol. The molecule has 3 aliphatic rings. The van der Waals surface area contributed by atoms with Crippen LogP contribution in [0.4, 0.5) is 0 Å². The molecule has 7 atom stereocenters. The third-order valence-electron chi connectivity index (χ3n) is 7.97. The molecule has 0 amide bonds. The van der Waals surface area contributed by atoms with Gasteiger partial charge in [0, 0.05) is 0 Å². The van der Waals surface area contributed by atoms with Crippen LogP contribution >= 0.6 is 12.2 Å². The van der Waals surface area contributed by atoms with E-state index in [0.717, 1.165) is 24.7 Å². The highest BCUT2D eigenvalue weighted by atomic mass is 32.1. The quantitative estimate of drug-likeness (QED) is 0.329. The lowest BCUT2D eigenvalue weighted by molar-refractivity contribution is -0.0575. The molecule has 25 heavy (non-hydrogen) atoms. The summed E-state index contributed by atoms with van der Waals surface area (Å²) in [6, 6.07) is 0. The highest BCUT2D eigenvalue weighted by Crippen LogP contribution is 2.63. The summed E-state index contributed by atoms with van der Waals surface area (Å²) in [4.78, 5) is 4.47. The van der Waals surface area contributed by atoms with Gasteiger partial charge < -0.3 is 5.32 Å². The molecule has 0 aromatic rings. The number of nitrogens with zero attached hydrogens (tertiary/aromatic N) is 2. The SMILES string of the molecule is C=C1CC[C@@]2([N-]C)[C@H]3[C@H](CC[C@@H]2C)[C@@H](C)C[C@@H](CC(C)(C)N=C=S)[C@H]13. The molecule has 0 aliphatic heterocycles. The summed E-state index contributed by atoms with van der Waals surface area (Å²) >= 11 is 4.90. The Bertz CT molecular complexity index is 577. The Morgan fingerprint density at radius 2 is 2.08 bits per heavy atom. The summed E-state index contributed by atoms with van der Waals surface area (Å²) in [5.41, 5.74) is 1.55. The molecule has 0 bridgehead atoms. The molecule has 3 aliphatic carbocycles. The summed E-state index contributed by atoms with van der Waals surface area (Å²) < 4.78 is 0. The first-order valence-corrected chi connectivity index (χ1v) is 10.5. The molecule has 3 fully saturated rings. The van der Waals surface area contributed by atoms with Crippen LogP contribution in [0.1, 0.15) is 66.2 Å². The Labute approximate surface area is 159 Å². The van der Waals surface area contributed by atoms with E-state index in [1.165, 1.54) is 31.3 Å². The van der Waals surface area contributed by atoms with Gasteiger partial charge in [-0.25, -0.2) is 4.99 Å². The molecule has 3 heteroatoms. The van der Waals surface area contributed by atoms with Crippen LogP contribution in [0, 0.1) is 35.5 Å². The standard InChI is InChI=1S/C22H35N2S/c1-14-9-10-22(23-6)16(3)7-8-18-15(2)11-17(19(14)20(18)22)12-21(4,5)24-13-25/h15-20H,1,7-12H2,2-6H3/q-1/t15-,16-,17-,18+,19-,20-,22-/m0/s1. The molecule has 0 spiro atoms. The van der Waals surface area contributed by atoms with Crippen LogP contribution in [0.3, 0.4) is 0 Å². The van der Waals surface area contributed by atoms with Gasteiger partial charge in [0.25, 0.3) is 0 Å². The van der Waals surface area contributed by atoms with Gasteiger partial charge in [0.2, 0.25) is 0 Å². The Morgan fingerprint density at radius 3 is 2.72 bits per heavy atom. The lowest BCUT2D eigenvalue weighted by Gasteiger charge is -2.69. The van der Waals surface area contributed by atoms with E-state index in [4.69, 9.17) is 17.5 Å². The maximum absolute atomic E-state index is 5.11. The van der Waals surface area contributed by atoms with Gasteiger partial charge in [0.05, 0.1) is 10.7 Å². The minimum Gasteiger partial charge on any atom is -0.659 e. The van der Waals surface area contributed by atoms with Gasteiger partial charge in [-0.3, -0.25) is 0 Å². The van der Waals surface area contributed by atoms with E-state index in [1.807, 2.05) is 0 Å². The fraction of sp³-hybridized carbons (Fsp3) is 0.864. The van der Waals surface area contributed by atoms with Crippen molar-refractivity contribution in [1.82, 2.24) is 0 Å². The van der Waals surface area contributed by atoms with Crippen molar-refractivity contribution >= 4 is 17.4 Å². The van der Waals surface area contributed by atoms with Gasteiger partial charge >= 0.3 is 0 Å². The summed E-state index contributed by atoms with van der Waals surface area (Å²) in [6.45, 7) is 13.9. The van der Waals surface area contributed by atoms with Crippen LogP contribution in [0.25, 0.3) is 5.32 Å². The number of isothiocyanates is 1. The van der Waals surface area contributed by atoms with Crippen LogP contribution < -0.4 is 0 Å². The zero-order chi connectivity index (χ0) is 18.4. The van der Waals surface area contributed by atoms with Gasteiger partial charge in [0.15, 0.2) is 0 Å². The first-order chi connectivity index (χ1) is 11.8. The molecule has 0 aromatic carbocycles. The first kappa shape index (κ1) is 19.3. The molecule has 3 rings (SSSR count). The number of rotatable bonds is 4. The average Bonchev–Trinajstić information content (AvgIpc) is 2.54. The van der Waals surface area contributed by atoms with E-state index in [0.29, 0.717) is 23.7 Å². The zero-order valence-electron chi connectivity index (χ0n) is 16.7. The molecular formula is C22H35N2S-. The Balaban J connectivity index is 1.99. The maximum atomic E-state index is 5.11. The lowest BCUT2D eigenvalue weighted by atomic mass is 9.44. The Hall–Kier alpha value is -0.500. The fourth-order valence-electron chi connectivity index (χ4n) is 6.91. The largest absolute Gasteiger partial charge is 0.659 e. The molecular weight excluding hydrogens is 324 g/mol. The molecule has 0 saturated heterocycles. The van der Waals surface area contributed by atoms with E-state index in [1.54, 1.807) is 0 Å². The predicted octanol–water partition coefficient (Wildman–Crippen LogP) is 6.28. The minimum absolute atomic E-state index is 0.122. The Kier molecular flexibility index (Phi) is 5.32. The van der Waals surface area contributed by atoms with Crippen molar-refractivity contribution in [2.45, 2.75) is 77.3 Å². The summed E-state index contributed by atoms with van der Waals surface area (Å²) in [5.74, 6) is 4.24. The molecule has 140 valence electrons. The van der Waals surface area contributed by atoms with Crippen molar-refractivity contribution in [2.24, 2.45) is 40.5 Å². The molecule has 3 saturated carbocycles. The molecule has 0 unspecified atom stereocenters. The topological polar surface area (TPSA) is 26.5 Å². The normalized spacial score (nSPS) is 44.0. The second-order valence-corrected chi connectivity index (χ2v) is 9.94. The Morgan fingerprint density at radius 1 is 1.36 bits per heavy atom. The summed E-state index contributed by atoms with van der Waals surface area (Å²) in [5, 5.41) is 7.73. The van der Waals surface area contributed by atoms with Crippen LogP contribution in [0.2, 0.25) is 0 Å². The van der Waals surface area contributed by atoms with E-state index in [9.17, 15) is 0 Å². The third kappa shape index (κ3) is 3.17. The van der Waals surface area contributed by atoms with Crippen LogP contribution in [0.5, 0.6) is 0 Å². The average molecular weight is 360 g/mol. The highest BCUT2D eigenvalue weighted by Gasteiger charge is 2.55. The number of thiocarbonyl (C=S) groups is 1. The van der Waals surface area contributed by atoms with Crippen LogP contribution in [-0.2, 0) is 0 Å². The minimum atomic E-state index is -0.122. The molecule has 2 nitrogen and oxygen atoms in total. The third-order valence-corrected chi connectivity index (χ3v) is 8.06. The molecule has 0 N–H and O–H groups in total. The van der Waals surface area contributed by atoms with Gasteiger partial charge in [-0.2, -0.15) is 7.05 Å². The van der Waals surface area contributed by atoms with Gasteiger partial charge in [-0.05, 0) is 81.3 Å². The van der Waals surface area contributed by atoms with E-state index in [-0.39, 0.29) is 11.1 Å². The van der Waals surface area contributed by atoms with Crippen LogP contribution in [0.15, 0.2) is 17.1 Å². The van der Waals surface area contributed by atoms with Crippen LogP contribution in [-0.4, -0.2) is 23.3 Å². The number of hydrogen-bond acceptors (Lipinski definition) is 2. The highest BCUT2D eigenvalue weighted by molar-refractivity contribution is 7.78. The van der Waals surface area contributed by atoms with Gasteiger partial charge in [-0.1, -0.05) is 44.8 Å². The van der Waals surface area contributed by atoms with Crippen molar-refractivity contribution in [1.29, 1.82) is 0 Å². The summed E-state index contributed by atoms with van der Waals surface area (Å²) in [6.07, 6.45) is 7.46. The zero-order valence-corrected chi connectivity index (χ0v) is 17.5. The van der Waals surface area contributed by atoms with Crippen molar-refractivity contribution < 1.29 is 0 Å². The van der Waals surface area contributed by atoms with Crippen molar-refractivity contribution in [3.05, 3.63) is 17.5 Å². The molecule has 0 heterocycles. The van der Waals surface area contributed by atoms with Crippen molar-refractivity contribution in [2.75, 3.05) is 7.05 Å². The van der Waals surface area contributed by atoms with E-state index >= 15 is 0 Å². The van der Waals surface area contributed by atoms with E-state index < -0.39 is 0 Å². The van der Waals surface area contributed by atoms with Gasteiger partial charge in [-0.15, -0.1) is 5.54 Å². The second kappa shape index (κ2) is 6.91. The first-order valence-electron chi connectivity index (χ1n) is 10.1. The van der Waals surface area contributed by atoms with Gasteiger partial charge in [0.1, 0.15) is 0 Å². The van der Waals surface area contributed by atoms with Crippen molar-refractivity contribution in [3.63, 3.8) is 0 Å². The predicted molar refractivity (Wildman–Crippen MR) is 110 cm³/mol. The number of hydrogen-bond donors (Lipinski definition) is 0. The molecule has 0 aromatic heterocycles. The van der Waals surface area contributed by atoms with Crippen molar-refractivity contribution in [3.8, 4) is 0 Å². The summed E-state index contributed by atoms with van der Waals surface area (Å²) in [7, 11) is 2.08. The molecule has 0 radical (unpaired) electrons. The van der Waals surface area contributed by atoms with E-state index in [2.05, 4.69) is 51.5 Å².